The molecule has 6 nitrogen and oxygen atoms in total. The molecule has 16 rings (SSSR count). The average Bonchev–Trinajstić information content (AvgIpc) is 4.25. The second-order valence-corrected chi connectivity index (χ2v) is 19.7. The molecule has 0 bridgehead atoms. The smallest absolute Gasteiger partial charge is 0.164 e. The van der Waals surface area contributed by atoms with E-state index in [1.165, 1.54) is 44.5 Å². The predicted octanol–water partition coefficient (Wildman–Crippen LogP) is 18.2. The number of hydrogen-bond acceptors (Lipinski definition) is 6. The van der Waals surface area contributed by atoms with Gasteiger partial charge in [0.2, 0.25) is 0 Å². The lowest BCUT2D eigenvalue weighted by atomic mass is 9.70. The zero-order valence-electron chi connectivity index (χ0n) is 40.9. The average molecular weight is 971 g/mol. The van der Waals surface area contributed by atoms with Crippen molar-refractivity contribution in [2.45, 2.75) is 5.41 Å². The van der Waals surface area contributed by atoms with Crippen LogP contribution in [0.4, 0.5) is 17.1 Å². The monoisotopic (exact) mass is 970 g/mol. The van der Waals surface area contributed by atoms with Gasteiger partial charge in [-0.25, -0.2) is 15.0 Å². The lowest BCUT2D eigenvalue weighted by Gasteiger charge is -2.32. The Labute approximate surface area is 437 Å². The molecule has 14 aromatic rings. The molecule has 0 unspecified atom stereocenters. The summed E-state index contributed by atoms with van der Waals surface area (Å²) < 4.78 is 13.3. The minimum Gasteiger partial charge on any atom is -0.456 e. The highest BCUT2D eigenvalue weighted by Crippen LogP contribution is 2.64. The standard InChI is InChI=1S/C70H42N4O2/c1-3-18-44(19-4-1)67-71-68(45-20-5-2-6-21-45)73-69(72-67)54-28-16-35-63-64(54)55-42-47(40-41-62(55)75-63)74(46-38-36-43(37-39-46)48-26-15-27-52-51-24-10-14-34-61(51)76-66(48)52)60-33-17-32-59-65(60)53-25-9-13-31-58(53)70(59)56-29-11-7-22-49(56)50-23-8-12-30-57(50)70/h1-42H. The molecule has 1 spiro atoms. The van der Waals surface area contributed by atoms with E-state index < -0.39 is 5.41 Å². The van der Waals surface area contributed by atoms with Gasteiger partial charge in [-0.1, -0.05) is 206 Å². The summed E-state index contributed by atoms with van der Waals surface area (Å²) in [5, 5.41) is 4.10. The molecule has 2 aliphatic carbocycles. The fourth-order valence-electron chi connectivity index (χ4n) is 12.6. The first-order valence-corrected chi connectivity index (χ1v) is 25.8. The van der Waals surface area contributed by atoms with Gasteiger partial charge in [-0.05, 0) is 93.0 Å². The van der Waals surface area contributed by atoms with Crippen LogP contribution >= 0.6 is 0 Å². The Kier molecular flexibility index (Phi) is 9.15. The van der Waals surface area contributed by atoms with Crippen molar-refractivity contribution in [2.75, 3.05) is 4.90 Å². The van der Waals surface area contributed by atoms with E-state index in [1.807, 2.05) is 84.9 Å². The molecule has 76 heavy (non-hydrogen) atoms. The highest BCUT2D eigenvalue weighted by atomic mass is 16.3. The van der Waals surface area contributed by atoms with Crippen molar-refractivity contribution in [3.8, 4) is 67.5 Å². The zero-order chi connectivity index (χ0) is 49.9. The van der Waals surface area contributed by atoms with Gasteiger partial charge in [0, 0.05) is 60.7 Å². The van der Waals surface area contributed by atoms with Crippen molar-refractivity contribution < 1.29 is 8.83 Å². The Morgan fingerprint density at radius 1 is 0.316 bits per heavy atom. The van der Waals surface area contributed by atoms with Crippen LogP contribution in [0.5, 0.6) is 0 Å². The highest BCUT2D eigenvalue weighted by Gasteiger charge is 2.52. The number of aromatic nitrogens is 3. The van der Waals surface area contributed by atoms with Crippen LogP contribution in [-0.4, -0.2) is 15.0 Å². The van der Waals surface area contributed by atoms with Gasteiger partial charge in [0.25, 0.3) is 0 Å². The Hall–Kier alpha value is -10.2. The normalized spacial score (nSPS) is 12.8. The van der Waals surface area contributed by atoms with Crippen LogP contribution in [0, 0.1) is 0 Å². The van der Waals surface area contributed by atoms with Gasteiger partial charge >= 0.3 is 0 Å². The first-order chi connectivity index (χ1) is 37.7. The second-order valence-electron chi connectivity index (χ2n) is 19.7. The summed E-state index contributed by atoms with van der Waals surface area (Å²) in [4.78, 5) is 17.8. The largest absolute Gasteiger partial charge is 0.456 e. The SMILES string of the molecule is c1ccc(-c2nc(-c3ccccc3)nc(-c3cccc4oc5ccc(N(c6ccc(-c7cccc8c7oc7ccccc78)cc6)c6cccc7c6-c6ccccc6C76c7ccccc7-c7ccccc76)cc5c34)n2)cc1. The number of fused-ring (bicyclic) bond motifs is 16. The summed E-state index contributed by atoms with van der Waals surface area (Å²) in [6.45, 7) is 0. The fraction of sp³-hybridized carbons (Fsp3) is 0.0143. The number of furan rings is 2. The van der Waals surface area contributed by atoms with Crippen LogP contribution in [0.2, 0.25) is 0 Å². The Bertz CT molecular complexity index is 4550. The summed E-state index contributed by atoms with van der Waals surface area (Å²) >= 11 is 0. The molecule has 0 aliphatic heterocycles. The fourth-order valence-corrected chi connectivity index (χ4v) is 12.6. The Morgan fingerprint density at radius 2 is 0.829 bits per heavy atom. The molecule has 11 aromatic carbocycles. The van der Waals surface area contributed by atoms with Crippen molar-refractivity contribution in [3.05, 3.63) is 277 Å². The maximum absolute atomic E-state index is 6.76. The number of rotatable bonds is 7. The van der Waals surface area contributed by atoms with Crippen LogP contribution in [0.3, 0.4) is 0 Å². The van der Waals surface area contributed by atoms with Crippen molar-refractivity contribution in [3.63, 3.8) is 0 Å². The van der Waals surface area contributed by atoms with Gasteiger partial charge in [-0.3, -0.25) is 0 Å². The predicted molar refractivity (Wildman–Crippen MR) is 307 cm³/mol. The maximum Gasteiger partial charge on any atom is 0.164 e. The van der Waals surface area contributed by atoms with E-state index in [1.54, 1.807) is 0 Å². The number of nitrogens with zero attached hydrogens (tertiary/aromatic N) is 4. The summed E-state index contributed by atoms with van der Waals surface area (Å²) in [6, 6.07) is 90.5. The summed E-state index contributed by atoms with van der Waals surface area (Å²) in [7, 11) is 0. The van der Waals surface area contributed by atoms with E-state index in [0.29, 0.717) is 17.5 Å². The topological polar surface area (TPSA) is 68.2 Å². The summed E-state index contributed by atoms with van der Waals surface area (Å²) in [5.74, 6) is 1.77. The van der Waals surface area contributed by atoms with E-state index in [9.17, 15) is 0 Å². The number of hydrogen-bond donors (Lipinski definition) is 0. The molecule has 0 atom stereocenters. The van der Waals surface area contributed by atoms with Gasteiger partial charge in [-0.15, -0.1) is 0 Å². The van der Waals surface area contributed by atoms with Crippen LogP contribution in [0.15, 0.2) is 264 Å². The van der Waals surface area contributed by atoms with Crippen molar-refractivity contribution in [1.82, 2.24) is 15.0 Å². The molecule has 3 aromatic heterocycles. The van der Waals surface area contributed by atoms with Crippen LogP contribution in [-0.2, 0) is 5.41 Å². The summed E-state index contributed by atoms with van der Waals surface area (Å²) in [6.07, 6.45) is 0. The van der Waals surface area contributed by atoms with Crippen molar-refractivity contribution in [1.29, 1.82) is 0 Å². The van der Waals surface area contributed by atoms with Gasteiger partial charge < -0.3 is 13.7 Å². The third-order valence-electron chi connectivity index (χ3n) is 15.8. The second kappa shape index (κ2) is 16.4. The van der Waals surface area contributed by atoms with Gasteiger partial charge in [0.15, 0.2) is 17.5 Å². The van der Waals surface area contributed by atoms with Crippen LogP contribution < -0.4 is 4.90 Å². The number of anilines is 3. The molecule has 3 heterocycles. The first kappa shape index (κ1) is 42.3. The zero-order valence-corrected chi connectivity index (χ0v) is 40.9. The third kappa shape index (κ3) is 6.12. The molecule has 2 aliphatic rings. The molecular weight excluding hydrogens is 929 g/mol. The molecule has 0 amide bonds. The summed E-state index contributed by atoms with van der Waals surface area (Å²) in [5.41, 5.74) is 20.7. The Balaban J connectivity index is 0.931. The van der Waals surface area contributed by atoms with E-state index >= 15 is 0 Å². The van der Waals surface area contributed by atoms with Gasteiger partial charge in [0.1, 0.15) is 22.3 Å². The number of benzene rings is 11. The lowest BCUT2D eigenvalue weighted by Crippen LogP contribution is -2.26. The van der Waals surface area contributed by atoms with Gasteiger partial charge in [0.05, 0.1) is 11.1 Å². The molecular formula is C70H42N4O2. The maximum atomic E-state index is 6.76. The van der Waals surface area contributed by atoms with Crippen molar-refractivity contribution in [2.24, 2.45) is 0 Å². The van der Waals surface area contributed by atoms with E-state index in [0.717, 1.165) is 88.8 Å². The molecule has 0 fully saturated rings. The highest BCUT2D eigenvalue weighted by molar-refractivity contribution is 6.14. The third-order valence-corrected chi connectivity index (χ3v) is 15.8. The number of para-hydroxylation sites is 2. The van der Waals surface area contributed by atoms with Crippen molar-refractivity contribution >= 4 is 60.9 Å². The van der Waals surface area contributed by atoms with E-state index in [4.69, 9.17) is 23.8 Å². The lowest BCUT2D eigenvalue weighted by molar-refractivity contribution is 0.669. The minimum absolute atomic E-state index is 0.517. The molecule has 0 saturated heterocycles. The molecule has 6 heteroatoms. The molecule has 0 N–H and O–H groups in total. The first-order valence-electron chi connectivity index (χ1n) is 25.8. The molecule has 354 valence electrons. The molecule has 0 saturated carbocycles. The molecule has 0 radical (unpaired) electrons. The quantitative estimate of drug-likeness (QED) is 0.159. The van der Waals surface area contributed by atoms with E-state index in [-0.39, 0.29) is 0 Å². The minimum atomic E-state index is -0.517. The Morgan fingerprint density at radius 3 is 1.55 bits per heavy atom. The van der Waals surface area contributed by atoms with Crippen LogP contribution in [0.1, 0.15) is 22.3 Å². The van der Waals surface area contributed by atoms with Gasteiger partial charge in [-0.2, -0.15) is 0 Å². The van der Waals surface area contributed by atoms with Crippen LogP contribution in [0.25, 0.3) is 111 Å². The van der Waals surface area contributed by atoms with E-state index in [2.05, 4.69) is 175 Å².